The van der Waals surface area contributed by atoms with Gasteiger partial charge in [0.25, 0.3) is 5.91 Å². The Hall–Kier alpha value is -6.00. The summed E-state index contributed by atoms with van der Waals surface area (Å²) in [6, 6.07) is 20.4. The van der Waals surface area contributed by atoms with Gasteiger partial charge in [-0.1, -0.05) is 24.3 Å². The van der Waals surface area contributed by atoms with Crippen LogP contribution in [0.3, 0.4) is 0 Å². The van der Waals surface area contributed by atoms with Crippen molar-refractivity contribution >= 4 is 23.6 Å². The fraction of sp³-hybridized carbons (Fsp3) is 0.0345. The van der Waals surface area contributed by atoms with Crippen molar-refractivity contribution in [2.24, 2.45) is 4.99 Å². The fourth-order valence-electron chi connectivity index (χ4n) is 4.60. The van der Waals surface area contributed by atoms with Gasteiger partial charge in [-0.3, -0.25) is 4.79 Å². The van der Waals surface area contributed by atoms with Crippen LogP contribution in [0.25, 0.3) is 11.3 Å². The van der Waals surface area contributed by atoms with E-state index in [9.17, 15) is 40.2 Å². The molecule has 4 aromatic rings. The lowest BCUT2D eigenvalue weighted by Crippen LogP contribution is -2.09. The third-order valence-electron chi connectivity index (χ3n) is 6.26. The van der Waals surface area contributed by atoms with Crippen LogP contribution in [0.15, 0.2) is 71.7 Å². The summed E-state index contributed by atoms with van der Waals surface area (Å²) in [7, 11) is 0. The fourth-order valence-corrected chi connectivity index (χ4v) is 4.60. The molecule has 188 valence electrons. The summed E-state index contributed by atoms with van der Waals surface area (Å²) in [5.41, 5.74) is 1.71. The highest BCUT2D eigenvalue weighted by Gasteiger charge is 2.36. The van der Waals surface area contributed by atoms with Gasteiger partial charge in [-0.2, -0.15) is 10.5 Å². The molecule has 0 saturated heterocycles. The van der Waals surface area contributed by atoms with Crippen molar-refractivity contribution in [3.05, 3.63) is 111 Å². The smallest absolute Gasteiger partial charge is 0.335 e. The number of carboxylic acids is 2. The molecule has 0 saturated carbocycles. The van der Waals surface area contributed by atoms with Crippen molar-refractivity contribution in [2.45, 2.75) is 6.54 Å². The van der Waals surface area contributed by atoms with Gasteiger partial charge in [-0.05, 0) is 48.0 Å². The second-order valence-electron chi connectivity index (χ2n) is 8.69. The minimum atomic E-state index is -1.33. The zero-order valence-corrected chi connectivity index (χ0v) is 19.9. The molecule has 10 nitrogen and oxygen atoms in total. The largest absolute Gasteiger partial charge is 0.494 e. The molecule has 0 radical (unpaired) electrons. The summed E-state index contributed by atoms with van der Waals surface area (Å²) < 4.78 is 1.36. The van der Waals surface area contributed by atoms with Crippen LogP contribution < -0.4 is 0 Å². The number of amides is 1. The Kier molecular flexibility index (Phi) is 5.99. The summed E-state index contributed by atoms with van der Waals surface area (Å²) in [6.45, 7) is -0.203. The van der Waals surface area contributed by atoms with E-state index < -0.39 is 17.8 Å². The molecule has 0 atom stereocenters. The van der Waals surface area contributed by atoms with Crippen LogP contribution in [0.5, 0.6) is 5.88 Å². The molecule has 1 aliphatic heterocycles. The van der Waals surface area contributed by atoms with Gasteiger partial charge in [0.2, 0.25) is 5.88 Å². The molecule has 3 aromatic carbocycles. The Bertz CT molecular complexity index is 1820. The molecule has 0 unspecified atom stereocenters. The van der Waals surface area contributed by atoms with Gasteiger partial charge in [-0.25, -0.2) is 14.6 Å². The van der Waals surface area contributed by atoms with Crippen LogP contribution in [0.1, 0.15) is 58.9 Å². The van der Waals surface area contributed by atoms with Gasteiger partial charge < -0.3 is 19.9 Å². The number of carbonyl (C=O) groups excluding carboxylic acids is 1. The number of carboxylic acid groups (broad SMARTS) is 2. The first-order valence-corrected chi connectivity index (χ1v) is 11.4. The van der Waals surface area contributed by atoms with Crippen molar-refractivity contribution in [2.75, 3.05) is 0 Å². The summed E-state index contributed by atoms with van der Waals surface area (Å²) in [4.78, 5) is 40.7. The van der Waals surface area contributed by atoms with E-state index >= 15 is 0 Å². The van der Waals surface area contributed by atoms with Gasteiger partial charge in [0.1, 0.15) is 0 Å². The lowest BCUT2D eigenvalue weighted by Gasteiger charge is -2.14. The molecule has 1 aromatic heterocycles. The van der Waals surface area contributed by atoms with E-state index in [1.165, 1.54) is 28.8 Å². The van der Waals surface area contributed by atoms with Crippen molar-refractivity contribution < 1.29 is 29.7 Å². The number of rotatable bonds is 6. The minimum absolute atomic E-state index is 0.0628. The van der Waals surface area contributed by atoms with Gasteiger partial charge in [0.15, 0.2) is 0 Å². The predicted molar refractivity (Wildman–Crippen MR) is 137 cm³/mol. The lowest BCUT2D eigenvalue weighted by atomic mass is 9.98. The van der Waals surface area contributed by atoms with Gasteiger partial charge in [0, 0.05) is 11.1 Å². The average molecular weight is 516 g/mol. The zero-order valence-electron chi connectivity index (χ0n) is 19.9. The number of nitrogens with zero attached hydrogens (tertiary/aromatic N) is 4. The van der Waals surface area contributed by atoms with Crippen molar-refractivity contribution in [3.8, 4) is 29.3 Å². The standard InChI is InChI=1S/C29H16N4O6/c30-12-15-3-1-5-18(7-15)24-22-23(26(34)32-24)25(19-6-2-4-16(8-19)13-31)33(27(22)35)14-17-9-20(28(36)37)11-21(10-17)29(38)39/h1-11,35H,14H2,(H,36,37)(H,38,39). The first-order valence-electron chi connectivity index (χ1n) is 11.4. The SMILES string of the molecule is N#Cc1cccc(C2=NC(=O)c3c2c(O)n(Cc2cc(C(=O)O)cc(C(=O)O)c2)c3-c2cccc(C#N)c2)c1. The van der Waals surface area contributed by atoms with E-state index in [0.717, 1.165) is 6.07 Å². The number of aromatic hydroxyl groups is 1. The van der Waals surface area contributed by atoms with Crippen LogP contribution in [0, 0.1) is 22.7 Å². The monoisotopic (exact) mass is 516 g/mol. The number of hydrogen-bond donors (Lipinski definition) is 3. The molecular formula is C29H16N4O6. The zero-order chi connectivity index (χ0) is 27.8. The number of carbonyl (C=O) groups is 3. The molecule has 3 N–H and O–H groups in total. The molecule has 2 heterocycles. The van der Waals surface area contributed by atoms with Crippen LogP contribution in [0.4, 0.5) is 0 Å². The molecular weight excluding hydrogens is 500 g/mol. The molecule has 1 amide bonds. The maximum atomic E-state index is 13.3. The first-order chi connectivity index (χ1) is 18.7. The van der Waals surface area contributed by atoms with E-state index in [0.29, 0.717) is 22.3 Å². The van der Waals surface area contributed by atoms with E-state index in [4.69, 9.17) is 0 Å². The van der Waals surface area contributed by atoms with Crippen LogP contribution in [-0.2, 0) is 6.54 Å². The number of fused-ring (bicyclic) bond motifs is 1. The Morgan fingerprint density at radius 3 is 1.95 bits per heavy atom. The number of hydrogen-bond acceptors (Lipinski definition) is 6. The second-order valence-corrected chi connectivity index (χ2v) is 8.69. The molecule has 0 bridgehead atoms. The minimum Gasteiger partial charge on any atom is -0.494 e. The number of benzene rings is 3. The summed E-state index contributed by atoms with van der Waals surface area (Å²) >= 11 is 0. The highest BCUT2D eigenvalue weighted by molar-refractivity contribution is 6.30. The normalized spacial score (nSPS) is 11.8. The maximum absolute atomic E-state index is 13.3. The van der Waals surface area contributed by atoms with E-state index in [1.54, 1.807) is 36.4 Å². The predicted octanol–water partition coefficient (Wildman–Crippen LogP) is 4.04. The van der Waals surface area contributed by atoms with E-state index in [1.807, 2.05) is 12.1 Å². The van der Waals surface area contributed by atoms with Gasteiger partial charge in [-0.15, -0.1) is 0 Å². The van der Waals surface area contributed by atoms with Crippen LogP contribution in [-0.4, -0.2) is 43.4 Å². The van der Waals surface area contributed by atoms with Crippen LogP contribution >= 0.6 is 0 Å². The Labute approximate surface area is 220 Å². The lowest BCUT2D eigenvalue weighted by molar-refractivity contribution is 0.0696. The maximum Gasteiger partial charge on any atom is 0.335 e. The summed E-state index contributed by atoms with van der Waals surface area (Å²) in [6.07, 6.45) is 0. The Morgan fingerprint density at radius 1 is 0.821 bits per heavy atom. The number of nitriles is 2. The second kappa shape index (κ2) is 9.47. The van der Waals surface area contributed by atoms with E-state index in [-0.39, 0.29) is 51.6 Å². The number of aromatic nitrogens is 1. The average Bonchev–Trinajstić information content (AvgIpc) is 3.42. The molecule has 39 heavy (non-hydrogen) atoms. The summed E-state index contributed by atoms with van der Waals surface area (Å²) in [5, 5.41) is 49.2. The highest BCUT2D eigenvalue weighted by atomic mass is 16.4. The Morgan fingerprint density at radius 2 is 1.38 bits per heavy atom. The summed E-state index contributed by atoms with van der Waals surface area (Å²) in [5.74, 6) is -3.68. The first kappa shape index (κ1) is 24.7. The van der Waals surface area contributed by atoms with Crippen LogP contribution in [0.2, 0.25) is 0 Å². The molecule has 0 fully saturated rings. The molecule has 0 spiro atoms. The molecule has 0 aliphatic carbocycles. The quantitative estimate of drug-likeness (QED) is 0.344. The molecule has 10 heteroatoms. The Balaban J connectivity index is 1.77. The topological polar surface area (TPSA) is 177 Å². The van der Waals surface area contributed by atoms with E-state index in [2.05, 4.69) is 4.99 Å². The number of aliphatic imine (C=N–C) groups is 1. The molecule has 1 aliphatic rings. The van der Waals surface area contributed by atoms with Crippen molar-refractivity contribution in [1.29, 1.82) is 10.5 Å². The van der Waals surface area contributed by atoms with Crippen molar-refractivity contribution in [1.82, 2.24) is 4.57 Å². The third-order valence-corrected chi connectivity index (χ3v) is 6.26. The number of aromatic carboxylic acids is 2. The van der Waals surface area contributed by atoms with Crippen molar-refractivity contribution in [3.63, 3.8) is 0 Å². The molecule has 5 rings (SSSR count). The van der Waals surface area contributed by atoms with Gasteiger partial charge >= 0.3 is 11.9 Å². The highest BCUT2D eigenvalue weighted by Crippen LogP contribution is 2.42. The van der Waals surface area contributed by atoms with Gasteiger partial charge in [0.05, 0.1) is 63.5 Å². The third kappa shape index (κ3) is 4.28.